The largest absolute Gasteiger partial charge is 0.497 e. The Bertz CT molecular complexity index is 508. The first kappa shape index (κ1) is 14.1. The summed E-state index contributed by atoms with van der Waals surface area (Å²) >= 11 is 0. The van der Waals surface area contributed by atoms with Gasteiger partial charge in [0.15, 0.2) is 0 Å². The second-order valence-corrected chi connectivity index (χ2v) is 4.29. The number of anilines is 1. The van der Waals surface area contributed by atoms with Crippen molar-refractivity contribution in [3.8, 4) is 11.5 Å². The van der Waals surface area contributed by atoms with E-state index in [-0.39, 0.29) is 24.9 Å². The van der Waals surface area contributed by atoms with Gasteiger partial charge in [0.2, 0.25) is 11.8 Å². The van der Waals surface area contributed by atoms with Gasteiger partial charge in [-0.05, 0) is 12.1 Å². The fourth-order valence-electron chi connectivity index (χ4n) is 1.87. The fourth-order valence-corrected chi connectivity index (χ4v) is 1.87. The molecule has 1 aliphatic rings. The molecule has 108 valence electrons. The van der Waals surface area contributed by atoms with Gasteiger partial charge < -0.3 is 20.1 Å². The van der Waals surface area contributed by atoms with Crippen molar-refractivity contribution in [2.24, 2.45) is 0 Å². The number of carbonyl (C=O) groups excluding carboxylic acids is 2. The van der Waals surface area contributed by atoms with Crippen LogP contribution in [-0.2, 0) is 9.59 Å². The van der Waals surface area contributed by atoms with Gasteiger partial charge in [0.1, 0.15) is 17.5 Å². The molecule has 0 bridgehead atoms. The van der Waals surface area contributed by atoms with Crippen molar-refractivity contribution in [3.05, 3.63) is 18.2 Å². The highest BCUT2D eigenvalue weighted by Gasteiger charge is 2.24. The van der Waals surface area contributed by atoms with Gasteiger partial charge in [-0.1, -0.05) is 0 Å². The van der Waals surface area contributed by atoms with Crippen molar-refractivity contribution in [2.75, 3.05) is 32.6 Å². The number of ether oxygens (including phenoxy) is 2. The standard InChI is InChI=1S/C13H17N3O4/c1-19-8-3-4-9(11(5-8)20-2)16-13(18)10-6-15-12(17)7-14-10/h3-5,10,14H,6-7H2,1-2H3,(H,15,17)(H,16,18). The summed E-state index contributed by atoms with van der Waals surface area (Å²) in [5.74, 6) is 0.810. The summed E-state index contributed by atoms with van der Waals surface area (Å²) in [6.45, 7) is 0.404. The van der Waals surface area contributed by atoms with Gasteiger partial charge in [0.25, 0.3) is 0 Å². The molecule has 1 aromatic carbocycles. The van der Waals surface area contributed by atoms with Crippen LogP contribution in [0.3, 0.4) is 0 Å². The first-order valence-electron chi connectivity index (χ1n) is 6.17. The SMILES string of the molecule is COc1ccc(NC(=O)C2CNC(=O)CN2)c(OC)c1. The van der Waals surface area contributed by atoms with Gasteiger partial charge in [-0.25, -0.2) is 0 Å². The van der Waals surface area contributed by atoms with Crippen LogP contribution in [0.1, 0.15) is 0 Å². The van der Waals surface area contributed by atoms with Crippen molar-refractivity contribution in [1.29, 1.82) is 0 Å². The van der Waals surface area contributed by atoms with Crippen LogP contribution in [0.5, 0.6) is 11.5 Å². The number of benzene rings is 1. The smallest absolute Gasteiger partial charge is 0.243 e. The lowest BCUT2D eigenvalue weighted by molar-refractivity contribution is -0.124. The zero-order valence-electron chi connectivity index (χ0n) is 11.4. The van der Waals surface area contributed by atoms with Crippen LogP contribution in [0.4, 0.5) is 5.69 Å². The van der Waals surface area contributed by atoms with E-state index in [0.29, 0.717) is 17.2 Å². The molecule has 1 aromatic rings. The van der Waals surface area contributed by atoms with E-state index in [4.69, 9.17) is 9.47 Å². The molecule has 0 spiro atoms. The summed E-state index contributed by atoms with van der Waals surface area (Å²) in [4.78, 5) is 23.1. The molecular formula is C13H17N3O4. The molecule has 2 rings (SSSR count). The monoisotopic (exact) mass is 279 g/mol. The van der Waals surface area contributed by atoms with Gasteiger partial charge >= 0.3 is 0 Å². The van der Waals surface area contributed by atoms with E-state index in [1.807, 2.05) is 0 Å². The number of amides is 2. The molecule has 1 heterocycles. The summed E-state index contributed by atoms with van der Waals surface area (Å²) in [6.07, 6.45) is 0. The molecule has 1 unspecified atom stereocenters. The molecular weight excluding hydrogens is 262 g/mol. The highest BCUT2D eigenvalue weighted by atomic mass is 16.5. The average Bonchev–Trinajstić information content (AvgIpc) is 2.48. The second-order valence-electron chi connectivity index (χ2n) is 4.29. The lowest BCUT2D eigenvalue weighted by atomic mass is 10.2. The quantitative estimate of drug-likeness (QED) is 0.706. The summed E-state index contributed by atoms with van der Waals surface area (Å²) in [5.41, 5.74) is 0.553. The summed E-state index contributed by atoms with van der Waals surface area (Å²) < 4.78 is 10.3. The molecule has 1 atom stereocenters. The minimum Gasteiger partial charge on any atom is -0.497 e. The second kappa shape index (κ2) is 6.25. The lowest BCUT2D eigenvalue weighted by Crippen LogP contribution is -2.56. The van der Waals surface area contributed by atoms with E-state index in [2.05, 4.69) is 16.0 Å². The van der Waals surface area contributed by atoms with E-state index in [1.165, 1.54) is 7.11 Å². The third-order valence-corrected chi connectivity index (χ3v) is 3.00. The number of nitrogens with one attached hydrogen (secondary N) is 3. The Labute approximate surface area is 116 Å². The Morgan fingerprint density at radius 3 is 2.75 bits per heavy atom. The molecule has 3 N–H and O–H groups in total. The molecule has 1 aliphatic heterocycles. The number of carbonyl (C=O) groups is 2. The molecule has 7 heteroatoms. The van der Waals surface area contributed by atoms with E-state index in [0.717, 1.165) is 0 Å². The molecule has 2 amide bonds. The van der Waals surface area contributed by atoms with Crippen molar-refractivity contribution in [2.45, 2.75) is 6.04 Å². The molecule has 20 heavy (non-hydrogen) atoms. The number of hydrogen-bond donors (Lipinski definition) is 3. The predicted molar refractivity (Wildman–Crippen MR) is 73.0 cm³/mol. The molecule has 1 saturated heterocycles. The Kier molecular flexibility index (Phi) is 4.41. The number of piperazine rings is 1. The Hall–Kier alpha value is -2.28. The normalized spacial score (nSPS) is 18.1. The third-order valence-electron chi connectivity index (χ3n) is 3.00. The lowest BCUT2D eigenvalue weighted by Gasteiger charge is -2.23. The minimum absolute atomic E-state index is 0.115. The fraction of sp³-hybridized carbons (Fsp3) is 0.385. The van der Waals surface area contributed by atoms with Crippen LogP contribution in [0.2, 0.25) is 0 Å². The Balaban J connectivity index is 2.05. The van der Waals surface area contributed by atoms with E-state index in [1.54, 1.807) is 25.3 Å². The van der Waals surface area contributed by atoms with Crippen LogP contribution in [-0.4, -0.2) is 45.2 Å². The van der Waals surface area contributed by atoms with Crippen molar-refractivity contribution >= 4 is 17.5 Å². The van der Waals surface area contributed by atoms with Crippen LogP contribution in [0.25, 0.3) is 0 Å². The van der Waals surface area contributed by atoms with Gasteiger partial charge in [-0.2, -0.15) is 0 Å². The van der Waals surface area contributed by atoms with E-state index in [9.17, 15) is 9.59 Å². The average molecular weight is 279 g/mol. The van der Waals surface area contributed by atoms with Crippen molar-refractivity contribution < 1.29 is 19.1 Å². The molecule has 0 aliphatic carbocycles. The van der Waals surface area contributed by atoms with Crippen molar-refractivity contribution in [3.63, 3.8) is 0 Å². The summed E-state index contributed by atoms with van der Waals surface area (Å²) in [7, 11) is 3.07. The summed E-state index contributed by atoms with van der Waals surface area (Å²) in [5, 5.41) is 8.26. The Morgan fingerprint density at radius 1 is 1.35 bits per heavy atom. The predicted octanol–water partition coefficient (Wildman–Crippen LogP) is -0.270. The minimum atomic E-state index is -0.459. The molecule has 0 aromatic heterocycles. The maximum absolute atomic E-state index is 12.1. The van der Waals surface area contributed by atoms with Gasteiger partial charge in [0.05, 0.1) is 26.5 Å². The molecule has 7 nitrogen and oxygen atoms in total. The van der Waals surface area contributed by atoms with E-state index >= 15 is 0 Å². The third kappa shape index (κ3) is 3.18. The van der Waals surface area contributed by atoms with Crippen LogP contribution in [0, 0.1) is 0 Å². The highest BCUT2D eigenvalue weighted by molar-refractivity contribution is 5.97. The van der Waals surface area contributed by atoms with Gasteiger partial charge in [-0.3, -0.25) is 14.9 Å². The zero-order chi connectivity index (χ0) is 14.5. The van der Waals surface area contributed by atoms with Gasteiger partial charge in [0, 0.05) is 12.6 Å². The van der Waals surface area contributed by atoms with Gasteiger partial charge in [-0.15, -0.1) is 0 Å². The Morgan fingerprint density at radius 2 is 2.15 bits per heavy atom. The molecule has 0 radical (unpaired) electrons. The maximum Gasteiger partial charge on any atom is 0.243 e. The topological polar surface area (TPSA) is 88.7 Å². The zero-order valence-corrected chi connectivity index (χ0v) is 11.4. The first-order valence-corrected chi connectivity index (χ1v) is 6.17. The summed E-state index contributed by atoms with van der Waals surface area (Å²) in [6, 6.07) is 4.66. The van der Waals surface area contributed by atoms with Crippen molar-refractivity contribution in [1.82, 2.24) is 10.6 Å². The number of methoxy groups -OCH3 is 2. The maximum atomic E-state index is 12.1. The highest BCUT2D eigenvalue weighted by Crippen LogP contribution is 2.29. The molecule has 1 fully saturated rings. The van der Waals surface area contributed by atoms with Crippen LogP contribution < -0.4 is 25.4 Å². The van der Waals surface area contributed by atoms with Crippen LogP contribution >= 0.6 is 0 Å². The van der Waals surface area contributed by atoms with Crippen LogP contribution in [0.15, 0.2) is 18.2 Å². The molecule has 0 saturated carbocycles. The van der Waals surface area contributed by atoms with E-state index < -0.39 is 6.04 Å². The number of rotatable bonds is 4. The first-order chi connectivity index (χ1) is 9.63. The number of hydrogen-bond acceptors (Lipinski definition) is 5.